The molecule has 0 bridgehead atoms. The molecule has 3 rings (SSSR count). The highest BCUT2D eigenvalue weighted by molar-refractivity contribution is 8.12. The van der Waals surface area contributed by atoms with Crippen molar-refractivity contribution in [3.63, 3.8) is 0 Å². The lowest BCUT2D eigenvalue weighted by atomic mass is 10.0. The number of esters is 1. The fourth-order valence-corrected chi connectivity index (χ4v) is 3.82. The van der Waals surface area contributed by atoms with Gasteiger partial charge in [-0.05, 0) is 11.1 Å². The van der Waals surface area contributed by atoms with Crippen LogP contribution in [0.2, 0.25) is 0 Å². The summed E-state index contributed by atoms with van der Waals surface area (Å²) in [6.07, 6.45) is -0.692. The molecule has 5 nitrogen and oxygen atoms in total. The molecule has 1 aliphatic rings. The molecule has 0 spiro atoms. The Morgan fingerprint density at radius 2 is 1.55 bits per heavy atom. The molecule has 0 aromatic heterocycles. The number of nitrogens with zero attached hydrogens (tertiary/aromatic N) is 2. The number of diazo groups is 1. The van der Waals surface area contributed by atoms with Crippen LogP contribution in [0.4, 0.5) is 0 Å². The van der Waals surface area contributed by atoms with E-state index >= 15 is 0 Å². The predicted molar refractivity (Wildman–Crippen MR) is 82.9 cm³/mol. The smallest absolute Gasteiger partial charge is 0.481 e. The van der Waals surface area contributed by atoms with Crippen molar-refractivity contribution >= 4 is 21.7 Å². The molecule has 6 heteroatoms. The van der Waals surface area contributed by atoms with E-state index in [0.29, 0.717) is 0 Å². The molecule has 22 heavy (non-hydrogen) atoms. The average molecular weight is 312 g/mol. The van der Waals surface area contributed by atoms with Gasteiger partial charge in [0, 0.05) is 0 Å². The summed E-state index contributed by atoms with van der Waals surface area (Å²) >= 11 is 0. The molecule has 0 radical (unpaired) electrons. The Labute approximate surface area is 129 Å². The van der Waals surface area contributed by atoms with Crippen molar-refractivity contribution in [3.8, 4) is 0 Å². The second-order valence-corrected chi connectivity index (χ2v) is 6.26. The van der Waals surface area contributed by atoms with Gasteiger partial charge in [0.05, 0.1) is 5.25 Å². The summed E-state index contributed by atoms with van der Waals surface area (Å²) in [5, 5.41) is 8.33. The third kappa shape index (κ3) is 2.52. The number of benzene rings is 2. The lowest BCUT2D eigenvalue weighted by Crippen LogP contribution is -2.28. The normalized spacial score (nSPS) is 24.5. The fourth-order valence-electron chi connectivity index (χ4n) is 2.45. The van der Waals surface area contributed by atoms with Gasteiger partial charge in [0.1, 0.15) is 6.10 Å². The third-order valence-corrected chi connectivity index (χ3v) is 5.06. The molecule has 1 unspecified atom stereocenters. The van der Waals surface area contributed by atoms with E-state index < -0.39 is 33.1 Å². The van der Waals surface area contributed by atoms with Gasteiger partial charge < -0.3 is 9.29 Å². The zero-order valence-electron chi connectivity index (χ0n) is 11.5. The number of cyclic esters (lactones) is 1. The average Bonchev–Trinajstić information content (AvgIpc) is 2.56. The van der Waals surface area contributed by atoms with Crippen LogP contribution in [0.1, 0.15) is 22.5 Å². The van der Waals surface area contributed by atoms with E-state index in [9.17, 15) is 9.35 Å². The van der Waals surface area contributed by atoms with Crippen molar-refractivity contribution < 1.29 is 14.1 Å². The standard InChI is InChI=1S/C16H12N2O3S/c17-18-15-16(19)21-13(11-7-3-1-4-8-11)14(22(15)20)12-9-5-2-6-10-12/h1-10,13-14H/t13-,14-,22?/m1/s1. The third-order valence-electron chi connectivity index (χ3n) is 3.45. The maximum atomic E-state index is 12.7. The molecule has 110 valence electrons. The zero-order valence-corrected chi connectivity index (χ0v) is 12.3. The van der Waals surface area contributed by atoms with Gasteiger partial charge in [0.25, 0.3) is 0 Å². The predicted octanol–water partition coefficient (Wildman–Crippen LogP) is 3.41. The number of carbonyl (C=O) groups is 1. The summed E-state index contributed by atoms with van der Waals surface area (Å²) in [6.45, 7) is 0. The Bertz CT molecular complexity index is 769. The van der Waals surface area contributed by atoms with Crippen LogP contribution < -0.4 is 0 Å². The molecular weight excluding hydrogens is 300 g/mol. The molecule has 2 aromatic rings. The fraction of sp³-hybridized carbons (Fsp3) is 0.125. The summed E-state index contributed by atoms with van der Waals surface area (Å²) in [5.41, 5.74) is 1.50. The maximum absolute atomic E-state index is 12.7. The molecule has 0 fully saturated rings. The van der Waals surface area contributed by atoms with Crippen LogP contribution in [-0.4, -0.2) is 15.5 Å². The van der Waals surface area contributed by atoms with Gasteiger partial charge in [0.15, 0.2) is 4.98 Å². The van der Waals surface area contributed by atoms with Crippen molar-refractivity contribution in [2.45, 2.75) is 11.4 Å². The number of rotatable bonds is 2. The Morgan fingerprint density at radius 3 is 2.09 bits per heavy atom. The minimum absolute atomic E-state index is 0.457. The van der Waals surface area contributed by atoms with Crippen molar-refractivity contribution in [3.05, 3.63) is 76.8 Å². The van der Waals surface area contributed by atoms with Crippen molar-refractivity contribution in [2.24, 2.45) is 0 Å². The number of hydrogen-bond acceptors (Lipinski definition) is 4. The van der Waals surface area contributed by atoms with Gasteiger partial charge in [0.2, 0.25) is 5.39 Å². The highest BCUT2D eigenvalue weighted by atomic mass is 32.2. The molecule has 3 atom stereocenters. The van der Waals surface area contributed by atoms with Crippen LogP contribution >= 0.6 is 10.8 Å². The van der Waals surface area contributed by atoms with Crippen molar-refractivity contribution in [1.29, 1.82) is 5.39 Å². The molecule has 0 N–H and O–H groups in total. The first-order valence-corrected chi connectivity index (χ1v) is 7.87. The molecule has 0 amide bonds. The SMILES string of the molecule is N#[N+]C1=S([O-])[C@H](c2ccccc2)[C@@H](c2ccccc2)OC1=O. The monoisotopic (exact) mass is 312 g/mol. The first-order valence-electron chi connectivity index (χ1n) is 6.66. The van der Waals surface area contributed by atoms with Gasteiger partial charge in [-0.3, -0.25) is 0 Å². The summed E-state index contributed by atoms with van der Waals surface area (Å²) < 4.78 is 18.1. The van der Waals surface area contributed by atoms with Gasteiger partial charge >= 0.3 is 11.0 Å². The van der Waals surface area contributed by atoms with E-state index in [4.69, 9.17) is 10.1 Å². The molecule has 0 saturated heterocycles. The van der Waals surface area contributed by atoms with Gasteiger partial charge in [-0.15, -0.1) is 0 Å². The van der Waals surface area contributed by atoms with E-state index in [1.165, 1.54) is 0 Å². The summed E-state index contributed by atoms with van der Waals surface area (Å²) in [7, 11) is -1.80. The minimum Gasteiger partial charge on any atom is -0.796 e. The Kier molecular flexibility index (Phi) is 4.00. The quantitative estimate of drug-likeness (QED) is 0.483. The molecule has 0 aliphatic carbocycles. The molecule has 2 aromatic carbocycles. The first kappa shape index (κ1) is 14.4. The largest absolute Gasteiger partial charge is 0.796 e. The highest BCUT2D eigenvalue weighted by Gasteiger charge is 2.41. The number of carbonyl (C=O) groups excluding carboxylic acids is 1. The van der Waals surface area contributed by atoms with Crippen LogP contribution in [0.15, 0.2) is 60.7 Å². The van der Waals surface area contributed by atoms with E-state index in [1.54, 1.807) is 0 Å². The molecule has 0 saturated carbocycles. The maximum Gasteiger partial charge on any atom is 0.481 e. The minimum atomic E-state index is -1.80. The van der Waals surface area contributed by atoms with Gasteiger partial charge in [-0.1, -0.05) is 60.7 Å². The number of hydrogen-bond donors (Lipinski definition) is 0. The topological polar surface area (TPSA) is 77.5 Å². The van der Waals surface area contributed by atoms with Crippen LogP contribution in [-0.2, 0) is 9.53 Å². The van der Waals surface area contributed by atoms with Gasteiger partial charge in [-0.25, -0.2) is 4.79 Å². The van der Waals surface area contributed by atoms with Crippen molar-refractivity contribution in [2.75, 3.05) is 0 Å². The lowest BCUT2D eigenvalue weighted by Gasteiger charge is -2.34. The van der Waals surface area contributed by atoms with Crippen LogP contribution in [0.25, 0.3) is 4.98 Å². The second kappa shape index (κ2) is 6.10. The summed E-state index contributed by atoms with van der Waals surface area (Å²) in [4.78, 5) is 14.3. The van der Waals surface area contributed by atoms with Crippen LogP contribution in [0.5, 0.6) is 0 Å². The number of ether oxygens (including phenoxy) is 1. The second-order valence-electron chi connectivity index (χ2n) is 4.77. The zero-order chi connectivity index (χ0) is 15.5. The Morgan fingerprint density at radius 1 is 1.00 bits per heavy atom. The molecule has 1 aliphatic heterocycles. The van der Waals surface area contributed by atoms with Crippen LogP contribution in [0, 0.1) is 5.39 Å². The van der Waals surface area contributed by atoms with Gasteiger partial charge in [-0.2, -0.15) is 10.8 Å². The summed E-state index contributed by atoms with van der Waals surface area (Å²) in [6, 6.07) is 18.2. The highest BCUT2D eigenvalue weighted by Crippen LogP contribution is 2.48. The van der Waals surface area contributed by atoms with E-state index in [-0.39, 0.29) is 0 Å². The van der Waals surface area contributed by atoms with E-state index in [2.05, 4.69) is 4.98 Å². The Balaban J connectivity index is 2.15. The Hall–Kier alpha value is -2.49. The van der Waals surface area contributed by atoms with Crippen LogP contribution in [0.3, 0.4) is 0 Å². The molecular formula is C16H12N2O3S. The first-order chi connectivity index (χ1) is 10.7. The van der Waals surface area contributed by atoms with E-state index in [1.807, 2.05) is 60.7 Å². The van der Waals surface area contributed by atoms with E-state index in [0.717, 1.165) is 11.1 Å². The molecule has 1 heterocycles. The summed E-state index contributed by atoms with van der Waals surface area (Å²) in [5.74, 6) is -0.859. The van der Waals surface area contributed by atoms with Crippen molar-refractivity contribution in [1.82, 2.24) is 0 Å². The lowest BCUT2D eigenvalue weighted by molar-refractivity contribution is -0.141.